The number of thioether (sulfide) groups is 1. The highest BCUT2D eigenvalue weighted by atomic mass is 32.2. The van der Waals surface area contributed by atoms with Gasteiger partial charge in [0, 0.05) is 31.7 Å². The first-order valence-electron chi connectivity index (χ1n) is 13.1. The number of nitriles is 1. The van der Waals surface area contributed by atoms with E-state index in [0.717, 1.165) is 29.8 Å². The van der Waals surface area contributed by atoms with Crippen LogP contribution in [0.1, 0.15) is 55.9 Å². The first-order chi connectivity index (χ1) is 18.2. The molecule has 38 heavy (non-hydrogen) atoms. The topological polar surface area (TPSA) is 78.6 Å². The summed E-state index contributed by atoms with van der Waals surface area (Å²) >= 11 is 6.87. The predicted octanol–water partition coefficient (Wildman–Crippen LogP) is 4.89. The van der Waals surface area contributed by atoms with Crippen LogP contribution in [0.25, 0.3) is 6.08 Å². The molecule has 0 saturated carbocycles. The van der Waals surface area contributed by atoms with Crippen molar-refractivity contribution in [1.29, 1.82) is 5.26 Å². The largest absolute Gasteiger partial charge is 0.372 e. The molecule has 0 N–H and O–H groups in total. The van der Waals surface area contributed by atoms with Crippen LogP contribution in [0.3, 0.4) is 0 Å². The van der Waals surface area contributed by atoms with Crippen molar-refractivity contribution in [2.45, 2.75) is 65.7 Å². The highest BCUT2D eigenvalue weighted by molar-refractivity contribution is 8.26. The lowest BCUT2D eigenvalue weighted by atomic mass is 10.0. The van der Waals surface area contributed by atoms with E-state index in [0.29, 0.717) is 47.4 Å². The number of carbonyl (C=O) groups is 1. The highest BCUT2D eigenvalue weighted by Gasteiger charge is 2.34. The Morgan fingerprint density at radius 1 is 1.16 bits per heavy atom. The smallest absolute Gasteiger partial charge is 0.270 e. The average Bonchev–Trinajstić information content (AvgIpc) is 3.15. The molecule has 2 fully saturated rings. The van der Waals surface area contributed by atoms with Gasteiger partial charge in [-0.2, -0.15) is 5.26 Å². The second kappa shape index (κ2) is 12.3. The van der Waals surface area contributed by atoms with E-state index >= 15 is 0 Å². The molecular formula is C29H34N4O3S2. The van der Waals surface area contributed by atoms with E-state index in [1.807, 2.05) is 50.3 Å². The van der Waals surface area contributed by atoms with Crippen molar-refractivity contribution in [3.63, 3.8) is 0 Å². The summed E-state index contributed by atoms with van der Waals surface area (Å²) in [5.74, 6) is 0.603. The molecule has 9 heteroatoms. The number of anilines is 1. The lowest BCUT2D eigenvalue weighted by Gasteiger charge is -2.39. The van der Waals surface area contributed by atoms with E-state index in [4.69, 9.17) is 17.0 Å². The number of morpholine rings is 1. The molecule has 1 aromatic carbocycles. The van der Waals surface area contributed by atoms with Crippen LogP contribution in [0, 0.1) is 18.3 Å². The van der Waals surface area contributed by atoms with Crippen molar-refractivity contribution in [3.8, 4) is 6.07 Å². The fourth-order valence-electron chi connectivity index (χ4n) is 5.07. The normalized spacial score (nSPS) is 20.9. The van der Waals surface area contributed by atoms with Gasteiger partial charge in [-0.3, -0.25) is 19.1 Å². The molecule has 7 nitrogen and oxygen atoms in total. The van der Waals surface area contributed by atoms with Crippen molar-refractivity contribution < 1.29 is 9.53 Å². The summed E-state index contributed by atoms with van der Waals surface area (Å²) in [4.78, 5) is 31.3. The Balaban J connectivity index is 1.79. The average molecular weight is 551 g/mol. The molecule has 2 aliphatic heterocycles. The zero-order chi connectivity index (χ0) is 27.4. The molecule has 1 aromatic heterocycles. The van der Waals surface area contributed by atoms with Gasteiger partial charge in [0.05, 0.1) is 17.1 Å². The van der Waals surface area contributed by atoms with Gasteiger partial charge in [0.1, 0.15) is 21.8 Å². The standard InChI is InChI=1S/C29H34N4O3S2/c1-5-6-13-32-26(31-17-19(2)36-20(3)18-31)23(21(4)24(16-30)27(32)34)15-25-28(35)33(29(37)38-25)14-12-22-10-8-7-9-11-22/h7-11,15,19-20H,5-6,12-14,17-18H2,1-4H3. The molecule has 2 aliphatic rings. The second-order valence-electron chi connectivity index (χ2n) is 9.89. The first-order valence-corrected chi connectivity index (χ1v) is 14.3. The van der Waals surface area contributed by atoms with Gasteiger partial charge in [-0.25, -0.2) is 0 Å². The van der Waals surface area contributed by atoms with Crippen molar-refractivity contribution in [3.05, 3.63) is 67.8 Å². The fraction of sp³-hybridized carbons (Fsp3) is 0.448. The molecule has 2 aromatic rings. The van der Waals surface area contributed by atoms with Gasteiger partial charge in [-0.05, 0) is 50.8 Å². The first kappa shape index (κ1) is 28.1. The number of carbonyl (C=O) groups excluding carboxylic acids is 1. The second-order valence-corrected chi connectivity index (χ2v) is 11.6. The zero-order valence-electron chi connectivity index (χ0n) is 22.4. The summed E-state index contributed by atoms with van der Waals surface area (Å²) in [6, 6.07) is 12.1. The molecule has 0 radical (unpaired) electrons. The van der Waals surface area contributed by atoms with Gasteiger partial charge in [-0.1, -0.05) is 67.7 Å². The summed E-state index contributed by atoms with van der Waals surface area (Å²) in [6.07, 6.45) is 4.21. The maximum atomic E-state index is 13.5. The van der Waals surface area contributed by atoms with Gasteiger partial charge in [0.25, 0.3) is 11.5 Å². The molecule has 200 valence electrons. The third kappa shape index (κ3) is 5.88. The Labute approximate surface area is 234 Å². The number of rotatable bonds is 8. The Hall–Kier alpha value is -2.93. The minimum Gasteiger partial charge on any atom is -0.372 e. The number of ether oxygens (including phenoxy) is 1. The molecule has 2 unspecified atom stereocenters. The number of aromatic nitrogens is 1. The molecule has 0 spiro atoms. The van der Waals surface area contributed by atoms with Gasteiger partial charge in [0.15, 0.2) is 0 Å². The maximum Gasteiger partial charge on any atom is 0.270 e. The number of nitrogens with zero attached hydrogens (tertiary/aromatic N) is 4. The Morgan fingerprint density at radius 2 is 1.84 bits per heavy atom. The van der Waals surface area contributed by atoms with Crippen LogP contribution in [-0.4, -0.2) is 51.5 Å². The SMILES string of the molecule is CCCCn1c(N2CC(C)OC(C)C2)c(C=C2SC(=S)N(CCc3ccccc3)C2=O)c(C)c(C#N)c1=O. The van der Waals surface area contributed by atoms with Crippen LogP contribution < -0.4 is 10.5 Å². The lowest BCUT2D eigenvalue weighted by molar-refractivity contribution is -0.122. The number of pyridine rings is 1. The van der Waals surface area contributed by atoms with E-state index in [1.165, 1.54) is 11.8 Å². The van der Waals surface area contributed by atoms with Crippen molar-refractivity contribution in [2.24, 2.45) is 0 Å². The molecular weight excluding hydrogens is 516 g/mol. The Morgan fingerprint density at radius 3 is 2.47 bits per heavy atom. The summed E-state index contributed by atoms with van der Waals surface area (Å²) in [5.41, 5.74) is 2.28. The minimum atomic E-state index is -0.284. The maximum absolute atomic E-state index is 13.5. The molecule has 0 aliphatic carbocycles. The number of hydrogen-bond acceptors (Lipinski definition) is 7. The molecule has 3 heterocycles. The minimum absolute atomic E-state index is 0.0199. The highest BCUT2D eigenvalue weighted by Crippen LogP contribution is 2.36. The lowest BCUT2D eigenvalue weighted by Crippen LogP contribution is -2.48. The number of hydrogen-bond donors (Lipinski definition) is 0. The van der Waals surface area contributed by atoms with Crippen LogP contribution in [0.4, 0.5) is 5.82 Å². The summed E-state index contributed by atoms with van der Waals surface area (Å²) in [5, 5.41) is 9.92. The monoisotopic (exact) mass is 550 g/mol. The molecule has 4 rings (SSSR count). The number of thiocarbonyl (C=S) groups is 1. The Bertz CT molecular complexity index is 1340. The van der Waals surface area contributed by atoms with Crippen LogP contribution in [0.5, 0.6) is 0 Å². The molecule has 0 bridgehead atoms. The van der Waals surface area contributed by atoms with Gasteiger partial charge >= 0.3 is 0 Å². The van der Waals surface area contributed by atoms with Crippen molar-refractivity contribution in [1.82, 2.24) is 9.47 Å². The summed E-state index contributed by atoms with van der Waals surface area (Å²) in [7, 11) is 0. The molecule has 1 amide bonds. The van der Waals surface area contributed by atoms with E-state index in [1.54, 1.807) is 16.4 Å². The quantitative estimate of drug-likeness (QED) is 0.342. The van der Waals surface area contributed by atoms with Gasteiger partial charge in [0.2, 0.25) is 0 Å². The third-order valence-electron chi connectivity index (χ3n) is 6.92. The third-order valence-corrected chi connectivity index (χ3v) is 8.29. The van der Waals surface area contributed by atoms with Crippen LogP contribution in [0.2, 0.25) is 0 Å². The van der Waals surface area contributed by atoms with Gasteiger partial charge < -0.3 is 9.64 Å². The van der Waals surface area contributed by atoms with Crippen molar-refractivity contribution in [2.75, 3.05) is 24.5 Å². The summed E-state index contributed by atoms with van der Waals surface area (Å²) < 4.78 is 8.21. The fourth-order valence-corrected chi connectivity index (χ4v) is 6.36. The van der Waals surface area contributed by atoms with E-state index in [9.17, 15) is 14.9 Å². The molecule has 2 atom stereocenters. The zero-order valence-corrected chi connectivity index (χ0v) is 24.0. The van der Waals surface area contributed by atoms with Crippen LogP contribution >= 0.6 is 24.0 Å². The predicted molar refractivity (Wildman–Crippen MR) is 157 cm³/mol. The van der Waals surface area contributed by atoms with E-state index < -0.39 is 0 Å². The Kier molecular flexibility index (Phi) is 9.08. The van der Waals surface area contributed by atoms with E-state index in [2.05, 4.69) is 17.9 Å². The number of benzene rings is 1. The van der Waals surface area contributed by atoms with Crippen LogP contribution in [-0.2, 0) is 22.5 Å². The van der Waals surface area contributed by atoms with Gasteiger partial charge in [-0.15, -0.1) is 0 Å². The van der Waals surface area contributed by atoms with E-state index in [-0.39, 0.29) is 29.2 Å². The summed E-state index contributed by atoms with van der Waals surface area (Å²) in [6.45, 7) is 10.1. The number of amides is 1. The van der Waals surface area contributed by atoms with Crippen LogP contribution in [0.15, 0.2) is 40.0 Å². The molecule has 2 saturated heterocycles. The van der Waals surface area contributed by atoms with Crippen molar-refractivity contribution >= 4 is 46.1 Å². The number of unbranched alkanes of at least 4 members (excludes halogenated alkanes) is 1.